The lowest BCUT2D eigenvalue weighted by atomic mass is 10.2. The Bertz CT molecular complexity index is 1190. The maximum Gasteiger partial charge on any atom is 0.140 e. The Morgan fingerprint density at radius 3 is 2.73 bits per heavy atom. The molecule has 9 heteroatoms. The third-order valence-corrected chi connectivity index (χ3v) is 6.43. The number of aryl methyl sites for hydroxylation is 2. The first-order valence-electron chi connectivity index (χ1n) is 10.7. The second-order valence-corrected chi connectivity index (χ2v) is 9.51. The van der Waals surface area contributed by atoms with Gasteiger partial charge in [0.15, 0.2) is 0 Å². The summed E-state index contributed by atoms with van der Waals surface area (Å²) in [7, 11) is 8.04. The van der Waals surface area contributed by atoms with Gasteiger partial charge in [-0.05, 0) is 45.9 Å². The highest BCUT2D eigenvalue weighted by Crippen LogP contribution is 2.34. The van der Waals surface area contributed by atoms with Crippen LogP contribution in [0.15, 0.2) is 46.7 Å². The number of rotatable bonds is 10. The van der Waals surface area contributed by atoms with Crippen molar-refractivity contribution in [1.82, 2.24) is 9.47 Å². The molecule has 4 N–H and O–H groups in total. The predicted molar refractivity (Wildman–Crippen MR) is 144 cm³/mol. The van der Waals surface area contributed by atoms with E-state index in [1.807, 2.05) is 39.2 Å². The fraction of sp³-hybridized carbons (Fsp3) is 0.333. The highest BCUT2D eigenvalue weighted by Gasteiger charge is 2.14. The summed E-state index contributed by atoms with van der Waals surface area (Å²) in [6.45, 7) is 7.58. The number of phenols is 1. The summed E-state index contributed by atoms with van der Waals surface area (Å²) in [6.07, 6.45) is 5.54. The average Bonchev–Trinajstić information content (AvgIpc) is 3.29. The van der Waals surface area contributed by atoms with Crippen molar-refractivity contribution in [1.29, 1.82) is 0 Å². The van der Waals surface area contributed by atoms with Crippen LogP contribution in [0.5, 0.6) is 5.75 Å². The fourth-order valence-corrected chi connectivity index (χ4v) is 4.62. The molecule has 0 amide bonds. The number of nitrogens with zero attached hydrogens (tertiary/aromatic N) is 5. The number of nitrogens with two attached hydrogens (primary N) is 1. The van der Waals surface area contributed by atoms with Gasteiger partial charge in [0.2, 0.25) is 0 Å². The molecule has 8 nitrogen and oxygen atoms in total. The van der Waals surface area contributed by atoms with Crippen LogP contribution in [0.1, 0.15) is 10.4 Å². The fourth-order valence-electron chi connectivity index (χ4n) is 3.56. The van der Waals surface area contributed by atoms with Gasteiger partial charge >= 0.3 is 0 Å². The second kappa shape index (κ2) is 10.5. The number of allylic oxidation sites excluding steroid dienone is 1. The SMILES string of the molecule is C=N/C=C\C(=N/CNc1cc(N)c(N(C)CCN(C)C)cc1O)c1cn(C)c2cc(C)sc12. The summed E-state index contributed by atoms with van der Waals surface area (Å²) in [5.41, 5.74) is 11.2. The van der Waals surface area contributed by atoms with E-state index in [2.05, 4.69) is 45.7 Å². The molecular weight excluding hydrogens is 434 g/mol. The van der Waals surface area contributed by atoms with E-state index >= 15 is 0 Å². The van der Waals surface area contributed by atoms with Crippen molar-refractivity contribution in [2.45, 2.75) is 6.92 Å². The van der Waals surface area contributed by atoms with Crippen LogP contribution in [0.4, 0.5) is 17.1 Å². The van der Waals surface area contributed by atoms with Crippen molar-refractivity contribution in [2.24, 2.45) is 17.0 Å². The third kappa shape index (κ3) is 5.74. The van der Waals surface area contributed by atoms with Crippen LogP contribution in [0.3, 0.4) is 0 Å². The number of aromatic nitrogens is 1. The Morgan fingerprint density at radius 1 is 1.27 bits per heavy atom. The zero-order valence-corrected chi connectivity index (χ0v) is 20.8. The molecule has 0 atom stereocenters. The van der Waals surface area contributed by atoms with Gasteiger partial charge in [-0.3, -0.25) is 9.98 Å². The normalized spacial score (nSPS) is 12.2. The predicted octanol–water partition coefficient (Wildman–Crippen LogP) is 3.91. The molecule has 3 aromatic rings. The average molecular weight is 468 g/mol. The smallest absolute Gasteiger partial charge is 0.140 e. The number of aliphatic imine (C=N–C) groups is 2. The van der Waals surface area contributed by atoms with Gasteiger partial charge in [0.25, 0.3) is 0 Å². The largest absolute Gasteiger partial charge is 0.506 e. The van der Waals surface area contributed by atoms with Crippen LogP contribution in [-0.2, 0) is 7.05 Å². The van der Waals surface area contributed by atoms with Crippen LogP contribution in [-0.4, -0.2) is 67.9 Å². The van der Waals surface area contributed by atoms with E-state index in [1.54, 1.807) is 29.7 Å². The third-order valence-electron chi connectivity index (χ3n) is 5.35. The standard InChI is InChI=1S/C24H33N7OS/c1-16-11-22-24(33-16)17(14-31(22)6)19(7-8-26-2)27-15-28-20-12-18(25)21(13-23(20)32)30(5)10-9-29(3)4/h7-8,11-14,28,32H,2,9-10,15,25H2,1,3-6H3/b8-7-,27-19+. The Kier molecular flexibility index (Phi) is 7.78. The van der Waals surface area contributed by atoms with Gasteiger partial charge in [-0.2, -0.15) is 0 Å². The number of nitrogens with one attached hydrogen (secondary N) is 1. The van der Waals surface area contributed by atoms with Crippen molar-refractivity contribution in [2.75, 3.05) is 56.9 Å². The number of hydrogen-bond acceptors (Lipinski definition) is 8. The quantitative estimate of drug-likeness (QED) is 0.182. The lowest BCUT2D eigenvalue weighted by Crippen LogP contribution is -2.28. The van der Waals surface area contributed by atoms with Gasteiger partial charge in [-0.1, -0.05) is 0 Å². The highest BCUT2D eigenvalue weighted by molar-refractivity contribution is 7.19. The molecule has 33 heavy (non-hydrogen) atoms. The number of fused-ring (bicyclic) bond motifs is 1. The second-order valence-electron chi connectivity index (χ2n) is 8.25. The molecule has 0 spiro atoms. The Hall–Kier alpha value is -3.30. The molecule has 0 fully saturated rings. The van der Waals surface area contributed by atoms with Crippen molar-refractivity contribution in [3.8, 4) is 5.75 Å². The van der Waals surface area contributed by atoms with E-state index in [1.165, 1.54) is 15.1 Å². The summed E-state index contributed by atoms with van der Waals surface area (Å²) < 4.78 is 3.28. The van der Waals surface area contributed by atoms with E-state index in [9.17, 15) is 5.11 Å². The molecule has 1 aromatic carbocycles. The van der Waals surface area contributed by atoms with Crippen LogP contribution in [0, 0.1) is 6.92 Å². The molecule has 0 aliphatic carbocycles. The zero-order valence-electron chi connectivity index (χ0n) is 20.0. The van der Waals surface area contributed by atoms with Crippen LogP contribution < -0.4 is 16.0 Å². The van der Waals surface area contributed by atoms with Gasteiger partial charge in [0.05, 0.1) is 33.0 Å². The van der Waals surface area contributed by atoms with Crippen molar-refractivity contribution >= 4 is 51.0 Å². The van der Waals surface area contributed by atoms with Gasteiger partial charge in [0, 0.05) is 56.1 Å². The van der Waals surface area contributed by atoms with E-state index < -0.39 is 0 Å². The van der Waals surface area contributed by atoms with Gasteiger partial charge in [0.1, 0.15) is 12.4 Å². The molecule has 0 radical (unpaired) electrons. The summed E-state index contributed by atoms with van der Waals surface area (Å²) in [4.78, 5) is 14.0. The van der Waals surface area contributed by atoms with Gasteiger partial charge < -0.3 is 30.5 Å². The number of hydrogen-bond donors (Lipinski definition) is 3. The summed E-state index contributed by atoms with van der Waals surface area (Å²) >= 11 is 1.74. The number of nitrogen functional groups attached to an aromatic ring is 1. The number of benzene rings is 1. The molecule has 176 valence electrons. The van der Waals surface area contributed by atoms with Crippen molar-refractivity contribution in [3.63, 3.8) is 0 Å². The molecule has 2 aromatic heterocycles. The molecule has 0 bridgehead atoms. The first kappa shape index (κ1) is 24.3. The molecule has 0 saturated carbocycles. The number of anilines is 3. The van der Waals surface area contributed by atoms with Crippen molar-refractivity contribution in [3.05, 3.63) is 47.1 Å². The molecule has 0 saturated heterocycles. The minimum atomic E-state index is 0.131. The molecule has 0 unspecified atom stereocenters. The lowest BCUT2D eigenvalue weighted by molar-refractivity contribution is 0.416. The number of aromatic hydroxyl groups is 1. The summed E-state index contributed by atoms with van der Waals surface area (Å²) in [6, 6.07) is 5.61. The Morgan fingerprint density at radius 2 is 2.03 bits per heavy atom. The minimum Gasteiger partial charge on any atom is -0.506 e. The number of likely N-dealkylation sites (N-methyl/N-ethyl adjacent to an activating group) is 2. The lowest BCUT2D eigenvalue weighted by Gasteiger charge is -2.24. The van der Waals surface area contributed by atoms with E-state index in [0.717, 1.165) is 30.1 Å². The van der Waals surface area contributed by atoms with Crippen LogP contribution >= 0.6 is 11.3 Å². The Labute approximate surface area is 199 Å². The van der Waals surface area contributed by atoms with Crippen LogP contribution in [0.25, 0.3) is 10.2 Å². The molecule has 0 aliphatic heterocycles. The van der Waals surface area contributed by atoms with Crippen LogP contribution in [0.2, 0.25) is 0 Å². The maximum atomic E-state index is 10.6. The first-order valence-corrected chi connectivity index (χ1v) is 11.5. The Balaban J connectivity index is 1.81. The summed E-state index contributed by atoms with van der Waals surface area (Å²) in [5.74, 6) is 0.131. The zero-order chi connectivity index (χ0) is 24.1. The first-order chi connectivity index (χ1) is 15.7. The van der Waals surface area contributed by atoms with E-state index in [-0.39, 0.29) is 12.4 Å². The van der Waals surface area contributed by atoms with Crippen molar-refractivity contribution < 1.29 is 5.11 Å². The molecule has 3 rings (SSSR count). The molecule has 2 heterocycles. The monoisotopic (exact) mass is 467 g/mol. The molecular formula is C24H33N7OS. The maximum absolute atomic E-state index is 10.6. The van der Waals surface area contributed by atoms with Gasteiger partial charge in [-0.25, -0.2) is 0 Å². The van der Waals surface area contributed by atoms with E-state index in [0.29, 0.717) is 11.4 Å². The summed E-state index contributed by atoms with van der Waals surface area (Å²) in [5, 5.41) is 13.7. The number of phenolic OH excluding ortho intramolecular Hbond substituents is 1. The highest BCUT2D eigenvalue weighted by atomic mass is 32.1. The molecule has 0 aliphatic rings. The minimum absolute atomic E-state index is 0.131. The number of thiophene rings is 1. The van der Waals surface area contributed by atoms with Gasteiger partial charge in [-0.15, -0.1) is 11.3 Å². The topological polar surface area (TPSA) is 94.4 Å². The van der Waals surface area contributed by atoms with E-state index in [4.69, 9.17) is 10.7 Å².